The molecule has 2 aromatic carbocycles. The van der Waals surface area contributed by atoms with E-state index >= 15 is 0 Å². The second-order valence-corrected chi connectivity index (χ2v) is 7.12. The SMILES string of the molecule is c1ccc(P(CCC2OCCO2)c2ccccc2)cc1. The van der Waals surface area contributed by atoms with Crippen LogP contribution in [0.1, 0.15) is 6.42 Å². The summed E-state index contributed by atoms with van der Waals surface area (Å²) in [5.41, 5.74) is 0. The molecule has 0 aromatic heterocycles. The van der Waals surface area contributed by atoms with Crippen molar-refractivity contribution in [3.05, 3.63) is 60.7 Å². The molecule has 20 heavy (non-hydrogen) atoms. The van der Waals surface area contributed by atoms with Crippen LogP contribution in [0.15, 0.2) is 60.7 Å². The molecule has 1 aliphatic rings. The van der Waals surface area contributed by atoms with E-state index in [0.29, 0.717) is 0 Å². The number of rotatable bonds is 5. The van der Waals surface area contributed by atoms with Crippen LogP contribution in [0.2, 0.25) is 0 Å². The largest absolute Gasteiger partial charge is 0.350 e. The summed E-state index contributed by atoms with van der Waals surface area (Å²) in [4.78, 5) is 0. The summed E-state index contributed by atoms with van der Waals surface area (Å²) in [7, 11) is -0.327. The quantitative estimate of drug-likeness (QED) is 0.787. The van der Waals surface area contributed by atoms with E-state index in [-0.39, 0.29) is 14.2 Å². The number of ether oxygens (including phenoxy) is 2. The molecule has 0 atom stereocenters. The molecule has 0 aliphatic carbocycles. The third kappa shape index (κ3) is 3.46. The van der Waals surface area contributed by atoms with Gasteiger partial charge in [-0.2, -0.15) is 0 Å². The van der Waals surface area contributed by atoms with Crippen molar-refractivity contribution >= 4 is 18.5 Å². The average Bonchev–Trinajstić information content (AvgIpc) is 3.03. The molecule has 1 aliphatic heterocycles. The maximum absolute atomic E-state index is 5.56. The molecule has 104 valence electrons. The highest BCUT2D eigenvalue weighted by atomic mass is 31.1. The Labute approximate surface area is 121 Å². The second-order valence-electron chi connectivity index (χ2n) is 4.78. The smallest absolute Gasteiger partial charge is 0.158 e. The molecule has 0 radical (unpaired) electrons. The summed E-state index contributed by atoms with van der Waals surface area (Å²) in [6.45, 7) is 1.47. The van der Waals surface area contributed by atoms with E-state index in [4.69, 9.17) is 9.47 Å². The molecule has 2 nitrogen and oxygen atoms in total. The summed E-state index contributed by atoms with van der Waals surface area (Å²) in [5.74, 6) is 0. The number of benzene rings is 2. The van der Waals surface area contributed by atoms with Gasteiger partial charge in [0.2, 0.25) is 0 Å². The predicted molar refractivity (Wildman–Crippen MR) is 84.2 cm³/mol. The molecular formula is C17H19O2P. The van der Waals surface area contributed by atoms with Gasteiger partial charge in [0, 0.05) is 6.42 Å². The van der Waals surface area contributed by atoms with Crippen LogP contribution < -0.4 is 10.6 Å². The zero-order chi connectivity index (χ0) is 13.6. The lowest BCUT2D eigenvalue weighted by atomic mass is 10.4. The maximum Gasteiger partial charge on any atom is 0.158 e. The fourth-order valence-corrected chi connectivity index (χ4v) is 4.78. The molecule has 0 saturated carbocycles. The van der Waals surface area contributed by atoms with E-state index in [1.807, 2.05) is 0 Å². The number of hydrogen-bond donors (Lipinski definition) is 0. The van der Waals surface area contributed by atoms with Crippen LogP contribution in [-0.4, -0.2) is 25.7 Å². The van der Waals surface area contributed by atoms with Gasteiger partial charge in [-0.3, -0.25) is 0 Å². The van der Waals surface area contributed by atoms with E-state index in [1.165, 1.54) is 10.6 Å². The van der Waals surface area contributed by atoms with Gasteiger partial charge in [-0.05, 0) is 24.7 Å². The van der Waals surface area contributed by atoms with Crippen molar-refractivity contribution in [1.29, 1.82) is 0 Å². The highest BCUT2D eigenvalue weighted by Crippen LogP contribution is 2.35. The number of hydrogen-bond acceptors (Lipinski definition) is 2. The van der Waals surface area contributed by atoms with Crippen molar-refractivity contribution in [3.8, 4) is 0 Å². The predicted octanol–water partition coefficient (Wildman–Crippen LogP) is 2.88. The molecule has 0 unspecified atom stereocenters. The van der Waals surface area contributed by atoms with E-state index < -0.39 is 0 Å². The van der Waals surface area contributed by atoms with Crippen LogP contribution in [0.3, 0.4) is 0 Å². The Morgan fingerprint density at radius 2 is 1.30 bits per heavy atom. The topological polar surface area (TPSA) is 18.5 Å². The Morgan fingerprint density at radius 1 is 0.800 bits per heavy atom. The Kier molecular flexibility index (Phi) is 4.81. The minimum absolute atomic E-state index is 0.00701. The molecule has 3 heteroatoms. The minimum Gasteiger partial charge on any atom is -0.350 e. The first-order valence-electron chi connectivity index (χ1n) is 7.04. The third-order valence-corrected chi connectivity index (χ3v) is 5.96. The van der Waals surface area contributed by atoms with Gasteiger partial charge in [0.05, 0.1) is 13.2 Å². The van der Waals surface area contributed by atoms with Gasteiger partial charge in [0.25, 0.3) is 0 Å². The molecule has 0 bridgehead atoms. The fraction of sp³-hybridized carbons (Fsp3) is 0.294. The first-order valence-corrected chi connectivity index (χ1v) is 8.57. The second kappa shape index (κ2) is 6.99. The summed E-state index contributed by atoms with van der Waals surface area (Å²) < 4.78 is 11.1. The van der Waals surface area contributed by atoms with E-state index in [2.05, 4.69) is 60.7 Å². The maximum atomic E-state index is 5.56. The minimum atomic E-state index is -0.327. The van der Waals surface area contributed by atoms with E-state index in [0.717, 1.165) is 25.8 Å². The van der Waals surface area contributed by atoms with Crippen LogP contribution in [0.5, 0.6) is 0 Å². The first-order chi connectivity index (χ1) is 9.93. The van der Waals surface area contributed by atoms with Gasteiger partial charge < -0.3 is 9.47 Å². The van der Waals surface area contributed by atoms with Crippen molar-refractivity contribution in [2.45, 2.75) is 12.7 Å². The lowest BCUT2D eigenvalue weighted by Gasteiger charge is -2.20. The molecule has 2 aromatic rings. The summed E-state index contributed by atoms with van der Waals surface area (Å²) >= 11 is 0. The molecule has 0 amide bonds. The van der Waals surface area contributed by atoms with Gasteiger partial charge in [0.1, 0.15) is 0 Å². The molecular weight excluding hydrogens is 267 g/mol. The van der Waals surface area contributed by atoms with Crippen LogP contribution in [0, 0.1) is 0 Å². The van der Waals surface area contributed by atoms with Crippen LogP contribution >= 0.6 is 7.92 Å². The Hall–Kier alpha value is -1.21. The highest BCUT2D eigenvalue weighted by molar-refractivity contribution is 7.73. The van der Waals surface area contributed by atoms with Crippen molar-refractivity contribution in [3.63, 3.8) is 0 Å². The average molecular weight is 286 g/mol. The molecule has 3 rings (SSSR count). The highest BCUT2D eigenvalue weighted by Gasteiger charge is 2.20. The molecule has 1 heterocycles. The monoisotopic (exact) mass is 286 g/mol. The Balaban J connectivity index is 1.76. The van der Waals surface area contributed by atoms with Gasteiger partial charge in [-0.15, -0.1) is 0 Å². The van der Waals surface area contributed by atoms with E-state index in [9.17, 15) is 0 Å². The van der Waals surface area contributed by atoms with Gasteiger partial charge >= 0.3 is 0 Å². The van der Waals surface area contributed by atoms with Crippen molar-refractivity contribution in [2.24, 2.45) is 0 Å². The molecule has 1 saturated heterocycles. The molecule has 0 spiro atoms. The molecule has 0 N–H and O–H groups in total. The Morgan fingerprint density at radius 3 is 1.80 bits per heavy atom. The summed E-state index contributed by atoms with van der Waals surface area (Å²) in [6.07, 6.45) is 2.07. The zero-order valence-electron chi connectivity index (χ0n) is 11.4. The standard InChI is InChI=1S/C17H19O2P/c1-3-7-15(8-4-1)20(16-9-5-2-6-10-16)14-11-17-18-12-13-19-17/h1-10,17H,11-14H2. The van der Waals surface area contributed by atoms with Crippen LogP contribution in [0.4, 0.5) is 0 Å². The lowest BCUT2D eigenvalue weighted by molar-refractivity contribution is -0.0422. The van der Waals surface area contributed by atoms with Gasteiger partial charge in [-0.1, -0.05) is 60.7 Å². The summed E-state index contributed by atoms with van der Waals surface area (Å²) in [6, 6.07) is 21.6. The van der Waals surface area contributed by atoms with Crippen molar-refractivity contribution in [1.82, 2.24) is 0 Å². The zero-order valence-corrected chi connectivity index (χ0v) is 12.3. The normalized spacial score (nSPS) is 15.8. The Bertz CT molecular complexity index is 470. The third-order valence-electron chi connectivity index (χ3n) is 3.41. The van der Waals surface area contributed by atoms with E-state index in [1.54, 1.807) is 0 Å². The van der Waals surface area contributed by atoms with Gasteiger partial charge in [-0.25, -0.2) is 0 Å². The van der Waals surface area contributed by atoms with Crippen LogP contribution in [0.25, 0.3) is 0 Å². The van der Waals surface area contributed by atoms with Crippen molar-refractivity contribution in [2.75, 3.05) is 19.4 Å². The van der Waals surface area contributed by atoms with Crippen molar-refractivity contribution < 1.29 is 9.47 Å². The van der Waals surface area contributed by atoms with Crippen LogP contribution in [-0.2, 0) is 9.47 Å². The molecule has 1 fully saturated rings. The first kappa shape index (κ1) is 13.8. The lowest BCUT2D eigenvalue weighted by Crippen LogP contribution is -2.17. The summed E-state index contributed by atoms with van der Waals surface area (Å²) in [5, 5.41) is 2.85. The fourth-order valence-electron chi connectivity index (χ4n) is 2.43. The van der Waals surface area contributed by atoms with Gasteiger partial charge in [0.15, 0.2) is 6.29 Å².